The molecular formula is C12H15FN2O3S. The summed E-state index contributed by atoms with van der Waals surface area (Å²) in [4.78, 5) is 0. The third-order valence-corrected chi connectivity index (χ3v) is 3.17. The molecule has 1 rings (SSSR count). The van der Waals surface area contributed by atoms with E-state index in [4.69, 9.17) is 5.11 Å². The number of benzene rings is 1. The molecule has 0 aliphatic heterocycles. The minimum Gasteiger partial charge on any atom is -0.395 e. The Morgan fingerprint density at radius 3 is 2.74 bits per heavy atom. The number of aliphatic hydroxyl groups is 1. The van der Waals surface area contributed by atoms with E-state index in [0.29, 0.717) is 12.0 Å². The lowest BCUT2D eigenvalue weighted by atomic mass is 10.2. The van der Waals surface area contributed by atoms with Crippen LogP contribution >= 0.6 is 0 Å². The van der Waals surface area contributed by atoms with Gasteiger partial charge in [0.1, 0.15) is 5.82 Å². The molecule has 104 valence electrons. The molecule has 5 nitrogen and oxygen atoms in total. The van der Waals surface area contributed by atoms with Crippen LogP contribution in [0.4, 0.5) is 10.1 Å². The maximum absolute atomic E-state index is 13.7. The van der Waals surface area contributed by atoms with Gasteiger partial charge in [0.15, 0.2) is 0 Å². The molecule has 1 aromatic rings. The lowest BCUT2D eigenvalue weighted by Gasteiger charge is -2.08. The number of nitrogens with one attached hydrogen (secondary N) is 2. The zero-order chi connectivity index (χ0) is 14.3. The third kappa shape index (κ3) is 5.26. The number of hydrogen-bond acceptors (Lipinski definition) is 3. The molecule has 0 amide bonds. The van der Waals surface area contributed by atoms with Crippen LogP contribution in [-0.2, 0) is 10.2 Å². The molecule has 0 aliphatic carbocycles. The molecule has 3 N–H and O–H groups in total. The fourth-order valence-corrected chi connectivity index (χ4v) is 2.17. The van der Waals surface area contributed by atoms with Gasteiger partial charge in [0, 0.05) is 18.5 Å². The van der Waals surface area contributed by atoms with Crippen LogP contribution in [0.25, 0.3) is 0 Å². The van der Waals surface area contributed by atoms with Crippen LogP contribution in [-0.4, -0.2) is 26.7 Å². The van der Waals surface area contributed by atoms with Crippen molar-refractivity contribution in [2.75, 3.05) is 17.9 Å². The Morgan fingerprint density at radius 1 is 1.42 bits per heavy atom. The summed E-state index contributed by atoms with van der Waals surface area (Å²) >= 11 is 0. The van der Waals surface area contributed by atoms with Gasteiger partial charge < -0.3 is 5.11 Å². The van der Waals surface area contributed by atoms with E-state index < -0.39 is 16.0 Å². The first-order chi connectivity index (χ1) is 8.98. The van der Waals surface area contributed by atoms with E-state index in [1.165, 1.54) is 12.1 Å². The molecule has 0 aromatic heterocycles. The zero-order valence-electron chi connectivity index (χ0n) is 10.4. The normalized spacial score (nSPS) is 10.7. The van der Waals surface area contributed by atoms with Crippen LogP contribution in [0, 0.1) is 17.7 Å². The van der Waals surface area contributed by atoms with E-state index in [9.17, 15) is 12.8 Å². The molecular weight excluding hydrogens is 271 g/mol. The summed E-state index contributed by atoms with van der Waals surface area (Å²) in [5, 5.41) is 8.56. The van der Waals surface area contributed by atoms with Crippen molar-refractivity contribution in [2.45, 2.75) is 13.3 Å². The van der Waals surface area contributed by atoms with Gasteiger partial charge in [-0.2, -0.15) is 13.1 Å². The van der Waals surface area contributed by atoms with Gasteiger partial charge in [0.25, 0.3) is 10.2 Å². The Hall–Kier alpha value is -1.62. The van der Waals surface area contributed by atoms with Crippen molar-refractivity contribution in [2.24, 2.45) is 0 Å². The molecule has 7 heteroatoms. The molecule has 1 aromatic carbocycles. The van der Waals surface area contributed by atoms with Crippen molar-refractivity contribution < 1.29 is 17.9 Å². The van der Waals surface area contributed by atoms with Gasteiger partial charge in [-0.05, 0) is 18.2 Å². The molecule has 0 bridgehead atoms. The van der Waals surface area contributed by atoms with Crippen LogP contribution in [0.15, 0.2) is 18.2 Å². The standard InChI is InChI=1S/C12H15FN2O3S/c1-2-14-19(17,18)15-12-7-6-10(9-11(12)13)5-3-4-8-16/h6-7,9,14-16H,2,4,8H2,1H3. The van der Waals surface area contributed by atoms with Crippen molar-refractivity contribution in [1.29, 1.82) is 0 Å². The Kier molecular flexibility index (Phi) is 5.76. The molecule has 0 spiro atoms. The van der Waals surface area contributed by atoms with Crippen LogP contribution in [0.1, 0.15) is 18.9 Å². The van der Waals surface area contributed by atoms with E-state index in [-0.39, 0.29) is 18.8 Å². The highest BCUT2D eigenvalue weighted by molar-refractivity contribution is 7.90. The Bertz CT molecular complexity index is 591. The topological polar surface area (TPSA) is 78.4 Å². The zero-order valence-corrected chi connectivity index (χ0v) is 11.2. The Morgan fingerprint density at radius 2 is 2.16 bits per heavy atom. The highest BCUT2D eigenvalue weighted by atomic mass is 32.2. The predicted octanol–water partition coefficient (Wildman–Crippen LogP) is 0.826. The quantitative estimate of drug-likeness (QED) is 0.701. The number of halogens is 1. The molecule has 0 unspecified atom stereocenters. The van der Waals surface area contributed by atoms with Crippen molar-refractivity contribution >= 4 is 15.9 Å². The Labute approximate surface area is 112 Å². The van der Waals surface area contributed by atoms with E-state index in [0.717, 1.165) is 6.07 Å². The minimum absolute atomic E-state index is 0.0595. The fourth-order valence-electron chi connectivity index (χ4n) is 1.27. The average molecular weight is 286 g/mol. The summed E-state index contributed by atoms with van der Waals surface area (Å²) in [7, 11) is -3.75. The Balaban J connectivity index is 2.87. The van der Waals surface area contributed by atoms with Gasteiger partial charge in [-0.1, -0.05) is 18.8 Å². The second-order valence-corrected chi connectivity index (χ2v) is 5.07. The van der Waals surface area contributed by atoms with E-state index in [1.54, 1.807) is 6.92 Å². The maximum Gasteiger partial charge on any atom is 0.299 e. The summed E-state index contributed by atoms with van der Waals surface area (Å²) in [6.45, 7) is 1.77. The number of anilines is 1. The summed E-state index contributed by atoms with van der Waals surface area (Å²) in [5.74, 6) is 4.60. The summed E-state index contributed by atoms with van der Waals surface area (Å²) in [5.41, 5.74) is 0.269. The van der Waals surface area contributed by atoms with Crippen molar-refractivity contribution in [3.63, 3.8) is 0 Å². The van der Waals surface area contributed by atoms with Crippen LogP contribution in [0.5, 0.6) is 0 Å². The first-order valence-electron chi connectivity index (χ1n) is 5.65. The highest BCUT2D eigenvalue weighted by Gasteiger charge is 2.11. The van der Waals surface area contributed by atoms with Crippen LogP contribution < -0.4 is 9.44 Å². The van der Waals surface area contributed by atoms with Crippen molar-refractivity contribution in [3.8, 4) is 11.8 Å². The molecule has 0 fully saturated rings. The SMILES string of the molecule is CCNS(=O)(=O)Nc1ccc(C#CCCO)cc1F. The van der Waals surface area contributed by atoms with Crippen LogP contribution in [0.3, 0.4) is 0 Å². The van der Waals surface area contributed by atoms with Gasteiger partial charge in [-0.15, -0.1) is 0 Å². The maximum atomic E-state index is 13.7. The van der Waals surface area contributed by atoms with Gasteiger partial charge >= 0.3 is 0 Å². The molecule has 19 heavy (non-hydrogen) atoms. The van der Waals surface area contributed by atoms with Gasteiger partial charge in [0.2, 0.25) is 0 Å². The number of aliphatic hydroxyl groups excluding tert-OH is 1. The third-order valence-electron chi connectivity index (χ3n) is 2.02. The molecule has 0 aliphatic rings. The van der Waals surface area contributed by atoms with E-state index in [1.807, 2.05) is 0 Å². The average Bonchev–Trinajstić information content (AvgIpc) is 2.32. The second kappa shape index (κ2) is 7.09. The van der Waals surface area contributed by atoms with E-state index >= 15 is 0 Å². The first kappa shape index (κ1) is 15.4. The molecule has 0 saturated heterocycles. The molecule has 0 saturated carbocycles. The lowest BCUT2D eigenvalue weighted by Crippen LogP contribution is -2.30. The number of hydrogen-bond donors (Lipinski definition) is 3. The monoisotopic (exact) mass is 286 g/mol. The molecule has 0 atom stereocenters. The van der Waals surface area contributed by atoms with Gasteiger partial charge in [0.05, 0.1) is 12.3 Å². The van der Waals surface area contributed by atoms with Crippen molar-refractivity contribution in [1.82, 2.24) is 4.72 Å². The van der Waals surface area contributed by atoms with Gasteiger partial charge in [-0.25, -0.2) is 4.39 Å². The number of rotatable bonds is 5. The summed E-state index contributed by atoms with van der Waals surface area (Å²) < 4.78 is 40.7. The van der Waals surface area contributed by atoms with E-state index in [2.05, 4.69) is 21.3 Å². The van der Waals surface area contributed by atoms with Gasteiger partial charge in [-0.3, -0.25) is 4.72 Å². The molecule has 0 heterocycles. The largest absolute Gasteiger partial charge is 0.395 e. The summed E-state index contributed by atoms with van der Waals surface area (Å²) in [6.07, 6.45) is 0.302. The molecule has 0 radical (unpaired) electrons. The lowest BCUT2D eigenvalue weighted by molar-refractivity contribution is 0.305. The van der Waals surface area contributed by atoms with Crippen LogP contribution in [0.2, 0.25) is 0 Å². The first-order valence-corrected chi connectivity index (χ1v) is 7.13. The van der Waals surface area contributed by atoms with Crippen molar-refractivity contribution in [3.05, 3.63) is 29.6 Å². The predicted molar refractivity (Wildman–Crippen MR) is 71.2 cm³/mol. The second-order valence-electron chi connectivity index (χ2n) is 3.57. The smallest absolute Gasteiger partial charge is 0.299 e. The minimum atomic E-state index is -3.75. The fraction of sp³-hybridized carbons (Fsp3) is 0.333. The summed E-state index contributed by atoms with van der Waals surface area (Å²) in [6, 6.07) is 3.93. The highest BCUT2D eigenvalue weighted by Crippen LogP contribution is 2.16.